The summed E-state index contributed by atoms with van der Waals surface area (Å²) in [4.78, 5) is 65.3. The van der Waals surface area contributed by atoms with Crippen molar-refractivity contribution in [3.63, 3.8) is 0 Å². The molecule has 4 unspecified atom stereocenters. The Hall–Kier alpha value is -4.40. The molecule has 1 aromatic carbocycles. The third-order valence-corrected chi connectivity index (χ3v) is 5.55. The first-order chi connectivity index (χ1) is 18.2. The van der Waals surface area contributed by atoms with Crippen LogP contribution in [0.4, 0.5) is 0 Å². The minimum Gasteiger partial charge on any atom is -0.508 e. The molecule has 0 aliphatic rings. The summed E-state index contributed by atoms with van der Waals surface area (Å²) in [5.41, 5.74) is 17.3. The van der Waals surface area contributed by atoms with E-state index >= 15 is 0 Å². The van der Waals surface area contributed by atoms with Gasteiger partial charge in [-0.15, -0.1) is 0 Å². The van der Waals surface area contributed by atoms with Crippen LogP contribution in [0.1, 0.15) is 38.7 Å². The maximum Gasteiger partial charge on any atom is 0.326 e. The minimum absolute atomic E-state index is 0.00540. The van der Waals surface area contributed by atoms with Crippen LogP contribution in [-0.4, -0.2) is 81.7 Å². The van der Waals surface area contributed by atoms with E-state index < -0.39 is 66.2 Å². The smallest absolute Gasteiger partial charge is 0.326 e. The van der Waals surface area contributed by atoms with Gasteiger partial charge in [0.15, 0.2) is 5.96 Å². The van der Waals surface area contributed by atoms with Crippen molar-refractivity contribution in [2.45, 2.75) is 63.7 Å². The van der Waals surface area contributed by atoms with Gasteiger partial charge in [-0.25, -0.2) is 4.79 Å². The number of aliphatic imine (C=N–C) groups is 1. The second-order valence-electron chi connectivity index (χ2n) is 9.21. The van der Waals surface area contributed by atoms with Crippen LogP contribution in [0.15, 0.2) is 29.3 Å². The Labute approximate surface area is 225 Å². The van der Waals surface area contributed by atoms with E-state index in [1.165, 1.54) is 12.1 Å². The van der Waals surface area contributed by atoms with Crippen molar-refractivity contribution in [2.75, 3.05) is 6.54 Å². The number of nitrogens with one attached hydrogen (secondary N) is 3. The lowest BCUT2D eigenvalue weighted by Crippen LogP contribution is -2.58. The van der Waals surface area contributed by atoms with Gasteiger partial charge in [0.1, 0.15) is 23.9 Å². The molecule has 3 amide bonds. The van der Waals surface area contributed by atoms with Gasteiger partial charge in [0, 0.05) is 6.54 Å². The molecule has 0 saturated carbocycles. The highest BCUT2D eigenvalue weighted by Crippen LogP contribution is 2.11. The molecule has 0 fully saturated rings. The van der Waals surface area contributed by atoms with Gasteiger partial charge in [0.05, 0.1) is 12.5 Å². The molecule has 4 atom stereocenters. The van der Waals surface area contributed by atoms with Crippen molar-refractivity contribution < 1.29 is 39.3 Å². The van der Waals surface area contributed by atoms with E-state index in [-0.39, 0.29) is 37.5 Å². The van der Waals surface area contributed by atoms with E-state index in [1.807, 2.05) is 0 Å². The number of carbonyl (C=O) groups is 5. The number of nitrogens with zero attached hydrogens (tertiary/aromatic N) is 1. The molecule has 0 radical (unpaired) electrons. The molecule has 0 aromatic heterocycles. The molecule has 1 rings (SSSR count). The van der Waals surface area contributed by atoms with Crippen molar-refractivity contribution in [3.8, 4) is 5.75 Å². The normalized spacial score (nSPS) is 13.8. The number of hydrogen-bond acceptors (Lipinski definition) is 8. The predicted molar refractivity (Wildman–Crippen MR) is 140 cm³/mol. The quantitative estimate of drug-likeness (QED) is 0.0614. The standard InChI is InChI=1S/C24H37N7O8/c1-12(2)19(23(38)39)31-22(37)17(11-18(33)34)30-21(36)16(4-3-9-28-24(26)27)29-20(35)15(25)10-13-5-7-14(32)8-6-13/h5-8,12,15-17,19,32H,3-4,9-11,25H2,1-2H3,(H,29,35)(H,30,36)(H,31,37)(H,33,34)(H,38,39)(H4,26,27,28). The van der Waals surface area contributed by atoms with E-state index in [9.17, 15) is 39.3 Å². The van der Waals surface area contributed by atoms with Crippen molar-refractivity contribution in [3.05, 3.63) is 29.8 Å². The highest BCUT2D eigenvalue weighted by molar-refractivity contribution is 5.95. The van der Waals surface area contributed by atoms with Gasteiger partial charge in [-0.05, 0) is 42.9 Å². The average molecular weight is 552 g/mol. The first-order valence-electron chi connectivity index (χ1n) is 12.2. The molecule has 0 bridgehead atoms. The van der Waals surface area contributed by atoms with Crippen molar-refractivity contribution in [1.82, 2.24) is 16.0 Å². The van der Waals surface area contributed by atoms with Crippen LogP contribution in [0.3, 0.4) is 0 Å². The zero-order chi connectivity index (χ0) is 29.7. The van der Waals surface area contributed by atoms with E-state index in [0.29, 0.717) is 5.56 Å². The number of rotatable bonds is 16. The number of phenolic OH excluding ortho intramolecular Hbond substituents is 1. The third-order valence-electron chi connectivity index (χ3n) is 5.55. The molecule has 12 N–H and O–H groups in total. The molecule has 0 saturated heterocycles. The maximum atomic E-state index is 13.1. The number of nitrogens with two attached hydrogens (primary N) is 3. The molecule has 216 valence electrons. The Morgan fingerprint density at radius 1 is 0.897 bits per heavy atom. The molecule has 0 heterocycles. The monoisotopic (exact) mass is 551 g/mol. The van der Waals surface area contributed by atoms with Gasteiger partial charge in [0.25, 0.3) is 0 Å². The Balaban J connectivity index is 3.05. The number of aliphatic carboxylic acids is 2. The first-order valence-corrected chi connectivity index (χ1v) is 12.2. The van der Waals surface area contributed by atoms with Crippen LogP contribution in [-0.2, 0) is 30.4 Å². The summed E-state index contributed by atoms with van der Waals surface area (Å²) in [6.45, 7) is 3.22. The Morgan fingerprint density at radius 3 is 1.97 bits per heavy atom. The third kappa shape index (κ3) is 12.1. The fourth-order valence-electron chi connectivity index (χ4n) is 3.45. The second kappa shape index (κ2) is 15.8. The number of aromatic hydroxyl groups is 1. The predicted octanol–water partition coefficient (Wildman–Crippen LogP) is -2.01. The summed E-state index contributed by atoms with van der Waals surface area (Å²) in [5.74, 6) is -6.00. The summed E-state index contributed by atoms with van der Waals surface area (Å²) in [7, 11) is 0. The molecule has 15 nitrogen and oxygen atoms in total. The lowest BCUT2D eigenvalue weighted by molar-refractivity contribution is -0.144. The number of amides is 3. The molecule has 0 aliphatic heterocycles. The van der Waals surface area contributed by atoms with Crippen LogP contribution in [0, 0.1) is 5.92 Å². The number of carboxylic acids is 2. The van der Waals surface area contributed by atoms with E-state index in [1.54, 1.807) is 26.0 Å². The molecule has 0 aliphatic carbocycles. The van der Waals surface area contributed by atoms with Gasteiger partial charge in [-0.3, -0.25) is 24.2 Å². The Morgan fingerprint density at radius 2 is 1.46 bits per heavy atom. The number of carbonyl (C=O) groups excluding carboxylic acids is 3. The van der Waals surface area contributed by atoms with Crippen LogP contribution in [0.5, 0.6) is 5.75 Å². The van der Waals surface area contributed by atoms with Crippen molar-refractivity contribution >= 4 is 35.6 Å². The zero-order valence-electron chi connectivity index (χ0n) is 21.8. The number of hydrogen-bond donors (Lipinski definition) is 9. The lowest BCUT2D eigenvalue weighted by atomic mass is 10.0. The number of phenols is 1. The SMILES string of the molecule is CC(C)C(NC(=O)C(CC(=O)O)NC(=O)C(CCCN=C(N)N)NC(=O)C(N)Cc1ccc(O)cc1)C(=O)O. The fraction of sp³-hybridized carbons (Fsp3) is 0.500. The fourth-order valence-corrected chi connectivity index (χ4v) is 3.45. The van der Waals surface area contributed by atoms with Crippen LogP contribution in [0.25, 0.3) is 0 Å². The molecular weight excluding hydrogens is 514 g/mol. The van der Waals surface area contributed by atoms with E-state index in [2.05, 4.69) is 20.9 Å². The van der Waals surface area contributed by atoms with Gasteiger partial charge in [-0.1, -0.05) is 26.0 Å². The molecule has 0 spiro atoms. The zero-order valence-corrected chi connectivity index (χ0v) is 21.8. The average Bonchev–Trinajstić information content (AvgIpc) is 2.84. The van der Waals surface area contributed by atoms with Gasteiger partial charge in [0.2, 0.25) is 17.7 Å². The largest absolute Gasteiger partial charge is 0.508 e. The summed E-state index contributed by atoms with van der Waals surface area (Å²) in [6, 6.07) is 0.752. The number of guanidine groups is 1. The van der Waals surface area contributed by atoms with Crippen LogP contribution < -0.4 is 33.2 Å². The topological polar surface area (TPSA) is 273 Å². The van der Waals surface area contributed by atoms with Crippen LogP contribution in [0.2, 0.25) is 0 Å². The molecule has 1 aromatic rings. The van der Waals surface area contributed by atoms with Crippen LogP contribution >= 0.6 is 0 Å². The van der Waals surface area contributed by atoms with Gasteiger partial charge >= 0.3 is 11.9 Å². The van der Waals surface area contributed by atoms with Crippen molar-refractivity contribution in [1.29, 1.82) is 0 Å². The van der Waals surface area contributed by atoms with Gasteiger partial charge in [-0.2, -0.15) is 0 Å². The number of carboxylic acid groups (broad SMARTS) is 2. The number of benzene rings is 1. The highest BCUT2D eigenvalue weighted by Gasteiger charge is 2.32. The summed E-state index contributed by atoms with van der Waals surface area (Å²) in [5, 5.41) is 35.0. The summed E-state index contributed by atoms with van der Waals surface area (Å²) in [6.07, 6.45) is -0.513. The highest BCUT2D eigenvalue weighted by atomic mass is 16.4. The maximum absolute atomic E-state index is 13.1. The Kier molecular flexibility index (Phi) is 13.2. The second-order valence-corrected chi connectivity index (χ2v) is 9.21. The van der Waals surface area contributed by atoms with Gasteiger partial charge < -0.3 is 48.5 Å². The first kappa shape index (κ1) is 32.6. The van der Waals surface area contributed by atoms with E-state index in [0.717, 1.165) is 0 Å². The molecule has 15 heteroatoms. The molecular formula is C24H37N7O8. The molecule has 39 heavy (non-hydrogen) atoms. The lowest BCUT2D eigenvalue weighted by Gasteiger charge is -2.25. The minimum atomic E-state index is -1.63. The van der Waals surface area contributed by atoms with E-state index in [4.69, 9.17) is 17.2 Å². The summed E-state index contributed by atoms with van der Waals surface area (Å²) >= 11 is 0. The van der Waals surface area contributed by atoms with Crippen molar-refractivity contribution in [2.24, 2.45) is 28.1 Å². The summed E-state index contributed by atoms with van der Waals surface area (Å²) < 4.78 is 0. The Bertz CT molecular complexity index is 1040.